The average Bonchev–Trinajstić information content (AvgIpc) is 2.69. The zero-order chi connectivity index (χ0) is 8.93. The van der Waals surface area contributed by atoms with Gasteiger partial charge in [0.25, 0.3) is 0 Å². The molecule has 68 valence electrons. The molecule has 1 saturated heterocycles. The van der Waals surface area contributed by atoms with Gasteiger partial charge in [0.05, 0.1) is 5.69 Å². The third-order valence-electron chi connectivity index (χ3n) is 2.19. The quantitative estimate of drug-likeness (QED) is 0.682. The molecule has 1 aromatic rings. The summed E-state index contributed by atoms with van der Waals surface area (Å²) >= 11 is 0. The zero-order valence-corrected chi connectivity index (χ0v) is 7.56. The van der Waals surface area contributed by atoms with Gasteiger partial charge < -0.3 is 4.90 Å². The largest absolute Gasteiger partial charge is 0.377 e. The summed E-state index contributed by atoms with van der Waals surface area (Å²) < 4.78 is 0. The average molecular weight is 175 g/mol. The van der Waals surface area contributed by atoms with E-state index in [1.807, 2.05) is 18.2 Å². The van der Waals surface area contributed by atoms with Crippen molar-refractivity contribution in [2.45, 2.75) is 12.8 Å². The number of hydrogen-bond donors (Lipinski definition) is 0. The van der Waals surface area contributed by atoms with Crippen LogP contribution in [0.25, 0.3) is 6.08 Å². The minimum Gasteiger partial charge on any atom is -0.377 e. The maximum Gasteiger partial charge on any atom is 0.0871 e. The molecule has 13 heavy (non-hydrogen) atoms. The summed E-state index contributed by atoms with van der Waals surface area (Å²) in [6, 6.07) is 3.86. The molecule has 0 N–H and O–H groups in total. The molecule has 0 bridgehead atoms. The van der Waals surface area contributed by atoms with Gasteiger partial charge in [0.2, 0.25) is 0 Å². The number of likely N-dealkylation sites (tertiary alicyclic amines) is 1. The molecule has 3 heteroatoms. The van der Waals surface area contributed by atoms with Crippen LogP contribution in [-0.4, -0.2) is 28.2 Å². The molecule has 0 radical (unpaired) electrons. The highest BCUT2D eigenvalue weighted by atomic mass is 15.1. The Morgan fingerprint density at radius 1 is 1.31 bits per heavy atom. The lowest BCUT2D eigenvalue weighted by Crippen LogP contribution is -2.10. The Hall–Kier alpha value is -1.38. The number of hydrogen-bond acceptors (Lipinski definition) is 3. The minimum atomic E-state index is 0.925. The fourth-order valence-electron chi connectivity index (χ4n) is 1.47. The summed E-state index contributed by atoms with van der Waals surface area (Å²) in [7, 11) is 0. The van der Waals surface area contributed by atoms with Crippen molar-refractivity contribution in [3.05, 3.63) is 30.2 Å². The van der Waals surface area contributed by atoms with Crippen molar-refractivity contribution in [1.82, 2.24) is 15.1 Å². The van der Waals surface area contributed by atoms with Crippen LogP contribution in [0, 0.1) is 0 Å². The van der Waals surface area contributed by atoms with E-state index in [0.717, 1.165) is 5.69 Å². The molecule has 1 fully saturated rings. The third-order valence-corrected chi connectivity index (χ3v) is 2.19. The SMILES string of the molecule is C(=C\N1CCCC1)/c1cccnn1. The fraction of sp³-hybridized carbons (Fsp3) is 0.400. The number of nitrogens with zero attached hydrogens (tertiary/aromatic N) is 3. The van der Waals surface area contributed by atoms with Crippen LogP contribution >= 0.6 is 0 Å². The van der Waals surface area contributed by atoms with Crippen LogP contribution in [0.3, 0.4) is 0 Å². The molecule has 0 atom stereocenters. The summed E-state index contributed by atoms with van der Waals surface area (Å²) in [6.07, 6.45) is 8.43. The number of rotatable bonds is 2. The zero-order valence-electron chi connectivity index (χ0n) is 7.56. The second kappa shape index (κ2) is 4.03. The molecule has 0 aromatic carbocycles. The van der Waals surface area contributed by atoms with Gasteiger partial charge in [-0.2, -0.15) is 10.2 Å². The van der Waals surface area contributed by atoms with Gasteiger partial charge in [-0.05, 0) is 31.1 Å². The maximum atomic E-state index is 3.98. The molecular formula is C10H13N3. The van der Waals surface area contributed by atoms with E-state index < -0.39 is 0 Å². The van der Waals surface area contributed by atoms with Crippen molar-refractivity contribution >= 4 is 6.08 Å². The topological polar surface area (TPSA) is 29.0 Å². The van der Waals surface area contributed by atoms with Gasteiger partial charge in [-0.15, -0.1) is 0 Å². The van der Waals surface area contributed by atoms with E-state index in [9.17, 15) is 0 Å². The summed E-state index contributed by atoms with van der Waals surface area (Å²) in [6.45, 7) is 2.35. The molecule has 0 unspecified atom stereocenters. The molecule has 1 aliphatic heterocycles. The van der Waals surface area contributed by atoms with Crippen LogP contribution in [0.1, 0.15) is 18.5 Å². The molecule has 2 heterocycles. The van der Waals surface area contributed by atoms with Gasteiger partial charge >= 0.3 is 0 Å². The lowest BCUT2D eigenvalue weighted by Gasteiger charge is -2.09. The molecule has 1 aromatic heterocycles. The molecule has 3 nitrogen and oxygen atoms in total. The molecule has 0 saturated carbocycles. The summed E-state index contributed by atoms with van der Waals surface area (Å²) in [5.41, 5.74) is 0.925. The van der Waals surface area contributed by atoms with E-state index in [-0.39, 0.29) is 0 Å². The summed E-state index contributed by atoms with van der Waals surface area (Å²) in [5, 5.41) is 7.79. The van der Waals surface area contributed by atoms with Crippen molar-refractivity contribution in [2.75, 3.05) is 13.1 Å². The predicted molar refractivity (Wildman–Crippen MR) is 51.9 cm³/mol. The van der Waals surface area contributed by atoms with Crippen molar-refractivity contribution in [3.63, 3.8) is 0 Å². The molecule has 0 amide bonds. The maximum absolute atomic E-state index is 3.98. The highest BCUT2D eigenvalue weighted by Gasteiger charge is 2.05. The van der Waals surface area contributed by atoms with Gasteiger partial charge in [0.15, 0.2) is 0 Å². The second-order valence-corrected chi connectivity index (χ2v) is 3.21. The van der Waals surface area contributed by atoms with E-state index in [4.69, 9.17) is 0 Å². The first-order valence-corrected chi connectivity index (χ1v) is 4.65. The van der Waals surface area contributed by atoms with E-state index in [1.54, 1.807) is 6.20 Å². The monoisotopic (exact) mass is 175 g/mol. The van der Waals surface area contributed by atoms with E-state index in [2.05, 4.69) is 21.3 Å². The highest BCUT2D eigenvalue weighted by Crippen LogP contribution is 2.08. The van der Waals surface area contributed by atoms with Gasteiger partial charge in [-0.1, -0.05) is 0 Å². The minimum absolute atomic E-state index is 0.925. The van der Waals surface area contributed by atoms with Crippen LogP contribution < -0.4 is 0 Å². The normalized spacial score (nSPS) is 17.1. The Kier molecular flexibility index (Phi) is 2.55. The van der Waals surface area contributed by atoms with Gasteiger partial charge in [0, 0.05) is 25.5 Å². The molecular weight excluding hydrogens is 162 g/mol. The molecule has 2 rings (SSSR count). The Morgan fingerprint density at radius 3 is 2.85 bits per heavy atom. The predicted octanol–water partition coefficient (Wildman–Crippen LogP) is 1.54. The molecule has 1 aliphatic rings. The smallest absolute Gasteiger partial charge is 0.0871 e. The van der Waals surface area contributed by atoms with Crippen LogP contribution in [0.2, 0.25) is 0 Å². The van der Waals surface area contributed by atoms with Crippen molar-refractivity contribution in [2.24, 2.45) is 0 Å². The third kappa shape index (κ3) is 2.28. The summed E-state index contributed by atoms with van der Waals surface area (Å²) in [4.78, 5) is 2.31. The number of aromatic nitrogens is 2. The van der Waals surface area contributed by atoms with E-state index >= 15 is 0 Å². The first kappa shape index (κ1) is 8.23. The van der Waals surface area contributed by atoms with Crippen molar-refractivity contribution in [1.29, 1.82) is 0 Å². The lowest BCUT2D eigenvalue weighted by molar-refractivity contribution is 0.471. The van der Waals surface area contributed by atoms with Crippen LogP contribution in [0.5, 0.6) is 0 Å². The molecule has 0 aliphatic carbocycles. The van der Waals surface area contributed by atoms with Crippen LogP contribution in [-0.2, 0) is 0 Å². The molecule has 0 spiro atoms. The highest BCUT2D eigenvalue weighted by molar-refractivity contribution is 5.42. The standard InChI is InChI=1S/C10H13N3/c1-2-8-13(7-1)9-5-10-4-3-6-11-12-10/h3-6,9H,1-2,7-8H2/b9-5+. The van der Waals surface area contributed by atoms with Gasteiger partial charge in [0.1, 0.15) is 0 Å². The van der Waals surface area contributed by atoms with Crippen molar-refractivity contribution in [3.8, 4) is 0 Å². The second-order valence-electron chi connectivity index (χ2n) is 3.21. The fourth-order valence-corrected chi connectivity index (χ4v) is 1.47. The van der Waals surface area contributed by atoms with Crippen LogP contribution in [0.15, 0.2) is 24.5 Å². The van der Waals surface area contributed by atoms with Crippen molar-refractivity contribution < 1.29 is 0 Å². The van der Waals surface area contributed by atoms with E-state index in [0.29, 0.717) is 0 Å². The first-order valence-electron chi connectivity index (χ1n) is 4.65. The first-order chi connectivity index (χ1) is 6.45. The van der Waals surface area contributed by atoms with Crippen LogP contribution in [0.4, 0.5) is 0 Å². The van der Waals surface area contributed by atoms with E-state index in [1.165, 1.54) is 25.9 Å². The Bertz CT molecular complexity index is 275. The Morgan fingerprint density at radius 2 is 2.15 bits per heavy atom. The summed E-state index contributed by atoms with van der Waals surface area (Å²) in [5.74, 6) is 0. The Balaban J connectivity index is 1.97. The van der Waals surface area contributed by atoms with Gasteiger partial charge in [-0.25, -0.2) is 0 Å². The Labute approximate surface area is 78.1 Å². The lowest BCUT2D eigenvalue weighted by atomic mass is 10.4. The van der Waals surface area contributed by atoms with Gasteiger partial charge in [-0.3, -0.25) is 0 Å².